The van der Waals surface area contributed by atoms with Gasteiger partial charge in [-0.05, 0) is 88.6 Å². The Hall–Kier alpha value is -6.32. The SMILES string of the molecule is c1ccc(-c2ccc(N(c3ccc(-n4c5cccc6ccc7cccc4c7c65)cc3)c3ccc4c(c3)oc3ccccc34)cc2)cc1. The minimum Gasteiger partial charge on any atom is -0.456 e. The number of furan rings is 1. The number of hydrogen-bond donors (Lipinski definition) is 0. The van der Waals surface area contributed by atoms with Gasteiger partial charge < -0.3 is 13.9 Å². The van der Waals surface area contributed by atoms with E-state index in [4.69, 9.17) is 4.42 Å². The topological polar surface area (TPSA) is 21.3 Å². The Bertz CT molecular complexity index is 2650. The maximum absolute atomic E-state index is 6.33. The van der Waals surface area contributed by atoms with Crippen LogP contribution in [0.4, 0.5) is 17.1 Å². The molecule has 0 radical (unpaired) electrons. The summed E-state index contributed by atoms with van der Waals surface area (Å²) in [5.74, 6) is 0. The maximum Gasteiger partial charge on any atom is 0.137 e. The van der Waals surface area contributed by atoms with Gasteiger partial charge in [-0.1, -0.05) is 97.1 Å². The fourth-order valence-electron chi connectivity index (χ4n) is 7.38. The Balaban J connectivity index is 1.13. The Kier molecular flexibility index (Phi) is 5.57. The highest BCUT2D eigenvalue weighted by atomic mass is 16.3. The molecule has 10 rings (SSSR count). The highest BCUT2D eigenvalue weighted by Gasteiger charge is 2.18. The Morgan fingerprint density at radius 3 is 1.68 bits per heavy atom. The second-order valence-corrected chi connectivity index (χ2v) is 12.2. The van der Waals surface area contributed by atoms with Crippen molar-refractivity contribution >= 4 is 71.6 Å². The molecular weight excluding hydrogens is 572 g/mol. The van der Waals surface area contributed by atoms with Gasteiger partial charge in [-0.25, -0.2) is 0 Å². The van der Waals surface area contributed by atoms with Crippen LogP contribution in [0.3, 0.4) is 0 Å². The van der Waals surface area contributed by atoms with Gasteiger partial charge in [0.15, 0.2) is 0 Å². The van der Waals surface area contributed by atoms with Crippen LogP contribution in [0.15, 0.2) is 174 Å². The number of nitrogens with zero attached hydrogens (tertiary/aromatic N) is 2. The molecular formula is C44H28N2O. The van der Waals surface area contributed by atoms with Crippen LogP contribution in [0.5, 0.6) is 0 Å². The molecule has 0 aliphatic carbocycles. The number of hydrogen-bond acceptors (Lipinski definition) is 2. The molecule has 0 bridgehead atoms. The summed E-state index contributed by atoms with van der Waals surface area (Å²) in [6, 6.07) is 60.7. The zero-order valence-corrected chi connectivity index (χ0v) is 25.5. The second kappa shape index (κ2) is 10.1. The largest absolute Gasteiger partial charge is 0.456 e. The lowest BCUT2D eigenvalue weighted by atomic mass is 10.0. The smallest absolute Gasteiger partial charge is 0.137 e. The van der Waals surface area contributed by atoms with E-state index in [-0.39, 0.29) is 0 Å². The highest BCUT2D eigenvalue weighted by Crippen LogP contribution is 2.41. The molecule has 0 saturated carbocycles. The molecule has 0 spiro atoms. The Morgan fingerprint density at radius 2 is 0.979 bits per heavy atom. The van der Waals surface area contributed by atoms with Crippen LogP contribution >= 0.6 is 0 Å². The molecule has 47 heavy (non-hydrogen) atoms. The van der Waals surface area contributed by atoms with E-state index in [2.05, 4.69) is 167 Å². The van der Waals surface area contributed by atoms with E-state index >= 15 is 0 Å². The number of benzene rings is 8. The summed E-state index contributed by atoms with van der Waals surface area (Å²) in [7, 11) is 0. The molecule has 0 amide bonds. The predicted octanol–water partition coefficient (Wildman–Crippen LogP) is 12.4. The van der Waals surface area contributed by atoms with Crippen LogP contribution in [0.2, 0.25) is 0 Å². The van der Waals surface area contributed by atoms with Gasteiger partial charge in [-0.2, -0.15) is 0 Å². The molecule has 8 aromatic carbocycles. The van der Waals surface area contributed by atoms with E-state index < -0.39 is 0 Å². The molecule has 10 aromatic rings. The van der Waals surface area contributed by atoms with Crippen molar-refractivity contribution in [3.05, 3.63) is 170 Å². The summed E-state index contributed by atoms with van der Waals surface area (Å²) in [6.07, 6.45) is 0. The van der Waals surface area contributed by atoms with Crippen molar-refractivity contribution in [2.24, 2.45) is 0 Å². The summed E-state index contributed by atoms with van der Waals surface area (Å²) in [6.45, 7) is 0. The van der Waals surface area contributed by atoms with Crippen molar-refractivity contribution in [1.82, 2.24) is 4.57 Å². The quantitative estimate of drug-likeness (QED) is 0.183. The average Bonchev–Trinajstić information content (AvgIpc) is 3.68. The lowest BCUT2D eigenvalue weighted by Crippen LogP contribution is -2.10. The van der Waals surface area contributed by atoms with Crippen molar-refractivity contribution in [3.8, 4) is 16.8 Å². The Labute approximate surface area is 271 Å². The summed E-state index contributed by atoms with van der Waals surface area (Å²) in [4.78, 5) is 2.31. The predicted molar refractivity (Wildman–Crippen MR) is 197 cm³/mol. The van der Waals surface area contributed by atoms with Gasteiger partial charge in [-0.15, -0.1) is 0 Å². The van der Waals surface area contributed by atoms with Gasteiger partial charge in [0.05, 0.1) is 11.0 Å². The fraction of sp³-hybridized carbons (Fsp3) is 0. The summed E-state index contributed by atoms with van der Waals surface area (Å²) < 4.78 is 8.73. The number of anilines is 3. The molecule has 0 N–H and O–H groups in total. The fourth-order valence-corrected chi connectivity index (χ4v) is 7.38. The first kappa shape index (κ1) is 26.0. The molecule has 2 aromatic heterocycles. The van der Waals surface area contributed by atoms with E-state index in [0.717, 1.165) is 44.7 Å². The first-order valence-electron chi connectivity index (χ1n) is 16.0. The molecule has 0 aliphatic rings. The van der Waals surface area contributed by atoms with Crippen molar-refractivity contribution in [3.63, 3.8) is 0 Å². The third kappa shape index (κ3) is 4.00. The average molecular weight is 601 g/mol. The summed E-state index contributed by atoms with van der Waals surface area (Å²) >= 11 is 0. The molecule has 0 fully saturated rings. The van der Waals surface area contributed by atoms with Crippen LogP contribution in [-0.2, 0) is 0 Å². The molecule has 220 valence electrons. The van der Waals surface area contributed by atoms with Crippen LogP contribution in [-0.4, -0.2) is 4.57 Å². The number of aromatic nitrogens is 1. The second-order valence-electron chi connectivity index (χ2n) is 12.2. The van der Waals surface area contributed by atoms with E-state index in [1.807, 2.05) is 12.1 Å². The lowest BCUT2D eigenvalue weighted by Gasteiger charge is -2.26. The summed E-state index contributed by atoms with van der Waals surface area (Å²) in [5, 5.41) is 7.44. The van der Waals surface area contributed by atoms with Crippen molar-refractivity contribution in [2.75, 3.05) is 4.90 Å². The van der Waals surface area contributed by atoms with Crippen molar-refractivity contribution in [1.29, 1.82) is 0 Å². The van der Waals surface area contributed by atoms with Crippen molar-refractivity contribution < 1.29 is 4.42 Å². The molecule has 3 heteroatoms. The number of rotatable bonds is 5. The standard InChI is InChI=1S/C44H28N2O/c1-2-8-29(9-3-1)30-18-20-33(21-19-30)45(36-26-27-38-37-12-4-5-15-41(37)47-42(38)28-36)34-22-24-35(25-23-34)46-39-13-6-10-31-16-17-32-11-7-14-40(46)44(32)43(31)39/h1-28H. The first-order chi connectivity index (χ1) is 23.3. The van der Waals surface area contributed by atoms with Crippen molar-refractivity contribution in [2.45, 2.75) is 0 Å². The van der Waals surface area contributed by atoms with Gasteiger partial charge in [0.2, 0.25) is 0 Å². The molecule has 3 nitrogen and oxygen atoms in total. The number of para-hydroxylation sites is 1. The van der Waals surface area contributed by atoms with E-state index in [1.165, 1.54) is 43.7 Å². The van der Waals surface area contributed by atoms with Crippen LogP contribution in [0.25, 0.3) is 71.3 Å². The van der Waals surface area contributed by atoms with Crippen LogP contribution in [0.1, 0.15) is 0 Å². The normalized spacial score (nSPS) is 11.8. The molecule has 0 aliphatic heterocycles. The lowest BCUT2D eigenvalue weighted by molar-refractivity contribution is 0.669. The number of fused-ring (bicyclic) bond motifs is 3. The maximum atomic E-state index is 6.33. The third-order valence-corrected chi connectivity index (χ3v) is 9.54. The van der Waals surface area contributed by atoms with E-state index in [1.54, 1.807) is 0 Å². The van der Waals surface area contributed by atoms with Gasteiger partial charge in [0.25, 0.3) is 0 Å². The van der Waals surface area contributed by atoms with Gasteiger partial charge in [0, 0.05) is 50.4 Å². The minimum absolute atomic E-state index is 0.877. The molecule has 2 heterocycles. The van der Waals surface area contributed by atoms with Crippen LogP contribution < -0.4 is 4.90 Å². The minimum atomic E-state index is 0.877. The van der Waals surface area contributed by atoms with E-state index in [9.17, 15) is 0 Å². The third-order valence-electron chi connectivity index (χ3n) is 9.54. The molecule has 0 atom stereocenters. The van der Waals surface area contributed by atoms with Gasteiger partial charge in [-0.3, -0.25) is 0 Å². The monoisotopic (exact) mass is 600 g/mol. The highest BCUT2D eigenvalue weighted by molar-refractivity contribution is 6.24. The first-order valence-corrected chi connectivity index (χ1v) is 16.0. The zero-order chi connectivity index (χ0) is 30.9. The Morgan fingerprint density at radius 1 is 0.404 bits per heavy atom. The zero-order valence-electron chi connectivity index (χ0n) is 25.5. The van der Waals surface area contributed by atoms with E-state index in [0.29, 0.717) is 0 Å². The van der Waals surface area contributed by atoms with Gasteiger partial charge >= 0.3 is 0 Å². The van der Waals surface area contributed by atoms with Gasteiger partial charge in [0.1, 0.15) is 11.2 Å². The van der Waals surface area contributed by atoms with Crippen LogP contribution in [0, 0.1) is 0 Å². The molecule has 0 saturated heterocycles. The summed E-state index contributed by atoms with van der Waals surface area (Å²) in [5.41, 5.74) is 11.0. The molecule has 0 unspecified atom stereocenters.